The van der Waals surface area contributed by atoms with Gasteiger partial charge < -0.3 is 10.2 Å². The van der Waals surface area contributed by atoms with Crippen LogP contribution in [0.4, 0.5) is 0 Å². The Bertz CT molecular complexity index is 698. The molecule has 2 aromatic carbocycles. The molecule has 0 spiro atoms. The summed E-state index contributed by atoms with van der Waals surface area (Å²) >= 11 is 0. The number of benzene rings is 2. The Morgan fingerprint density at radius 2 is 1.75 bits per heavy atom. The van der Waals surface area contributed by atoms with Gasteiger partial charge in [-0.05, 0) is 17.7 Å². The zero-order valence-corrected chi connectivity index (χ0v) is 11.0. The quantitative estimate of drug-likeness (QED) is 0.732. The highest BCUT2D eigenvalue weighted by molar-refractivity contribution is 5.97. The van der Waals surface area contributed by atoms with Crippen molar-refractivity contribution in [3.05, 3.63) is 72.0 Å². The van der Waals surface area contributed by atoms with E-state index in [1.165, 1.54) is 0 Å². The molecule has 20 heavy (non-hydrogen) atoms. The molecule has 0 saturated heterocycles. The Kier molecular flexibility index (Phi) is 3.35. The number of carbonyl (C=O) groups is 1. The fourth-order valence-electron chi connectivity index (χ4n) is 2.24. The lowest BCUT2D eigenvalue weighted by molar-refractivity contribution is 0.0949. The van der Waals surface area contributed by atoms with Gasteiger partial charge in [0.1, 0.15) is 5.58 Å². The van der Waals surface area contributed by atoms with Crippen molar-refractivity contribution in [2.24, 2.45) is 5.73 Å². The minimum atomic E-state index is -0.308. The predicted octanol–water partition coefficient (Wildman–Crippen LogP) is 3.71. The van der Waals surface area contributed by atoms with E-state index in [-0.39, 0.29) is 18.2 Å². The zero-order chi connectivity index (χ0) is 13.9. The summed E-state index contributed by atoms with van der Waals surface area (Å²) in [6.45, 7) is 0. The van der Waals surface area contributed by atoms with E-state index in [0.717, 1.165) is 16.5 Å². The van der Waals surface area contributed by atoms with Gasteiger partial charge in [-0.15, -0.1) is 0 Å². The minimum absolute atomic E-state index is 0.0717. The number of ketones is 1. The Morgan fingerprint density at radius 1 is 1.05 bits per heavy atom. The molecular weight excluding hydrogens is 250 g/mol. The van der Waals surface area contributed by atoms with E-state index >= 15 is 0 Å². The van der Waals surface area contributed by atoms with Crippen molar-refractivity contribution in [1.82, 2.24) is 0 Å². The van der Waals surface area contributed by atoms with Gasteiger partial charge in [-0.25, -0.2) is 0 Å². The highest BCUT2D eigenvalue weighted by Crippen LogP contribution is 2.22. The molecule has 100 valence electrons. The Balaban J connectivity index is 1.79. The summed E-state index contributed by atoms with van der Waals surface area (Å²) in [7, 11) is 0. The molecule has 0 amide bonds. The van der Waals surface area contributed by atoms with Crippen LogP contribution in [0.25, 0.3) is 11.0 Å². The SMILES string of the molecule is NC(CC(=O)c1cc2ccccc2o1)c1ccccc1. The molecule has 1 heterocycles. The van der Waals surface area contributed by atoms with Crippen LogP contribution in [0.5, 0.6) is 0 Å². The van der Waals surface area contributed by atoms with E-state index in [1.54, 1.807) is 6.07 Å². The standard InChI is InChI=1S/C17H15NO2/c18-14(12-6-2-1-3-7-12)11-15(19)17-10-13-8-4-5-9-16(13)20-17/h1-10,14H,11,18H2. The van der Waals surface area contributed by atoms with Gasteiger partial charge in [0.25, 0.3) is 0 Å². The lowest BCUT2D eigenvalue weighted by Gasteiger charge is -2.09. The van der Waals surface area contributed by atoms with Crippen molar-refractivity contribution >= 4 is 16.8 Å². The molecule has 1 atom stereocenters. The van der Waals surface area contributed by atoms with E-state index in [9.17, 15) is 4.79 Å². The van der Waals surface area contributed by atoms with Crippen LogP contribution in [0.2, 0.25) is 0 Å². The molecule has 2 N–H and O–H groups in total. The van der Waals surface area contributed by atoms with Gasteiger partial charge in [0, 0.05) is 17.8 Å². The second kappa shape index (κ2) is 5.31. The third kappa shape index (κ3) is 2.49. The number of Topliss-reactive ketones (excluding diaryl/α,β-unsaturated/α-hetero) is 1. The molecule has 0 radical (unpaired) electrons. The summed E-state index contributed by atoms with van der Waals surface area (Å²) in [5.74, 6) is 0.301. The number of rotatable bonds is 4. The molecule has 1 aromatic heterocycles. The Hall–Kier alpha value is -2.39. The van der Waals surface area contributed by atoms with Crippen LogP contribution in [0, 0.1) is 0 Å². The van der Waals surface area contributed by atoms with Crippen molar-refractivity contribution in [2.75, 3.05) is 0 Å². The fourth-order valence-corrected chi connectivity index (χ4v) is 2.24. The topological polar surface area (TPSA) is 56.2 Å². The van der Waals surface area contributed by atoms with E-state index in [1.807, 2.05) is 54.6 Å². The van der Waals surface area contributed by atoms with Crippen molar-refractivity contribution in [2.45, 2.75) is 12.5 Å². The zero-order valence-electron chi connectivity index (χ0n) is 11.0. The van der Waals surface area contributed by atoms with E-state index in [2.05, 4.69) is 0 Å². The first-order valence-electron chi connectivity index (χ1n) is 6.56. The minimum Gasteiger partial charge on any atom is -0.453 e. The molecule has 0 saturated carbocycles. The van der Waals surface area contributed by atoms with Crippen LogP contribution in [0.1, 0.15) is 28.6 Å². The molecule has 3 rings (SSSR count). The monoisotopic (exact) mass is 265 g/mol. The molecule has 0 aliphatic heterocycles. The first kappa shape index (κ1) is 12.6. The number of hydrogen-bond donors (Lipinski definition) is 1. The predicted molar refractivity (Wildman–Crippen MR) is 78.5 cm³/mol. The number of nitrogens with two attached hydrogens (primary N) is 1. The molecule has 0 fully saturated rings. The van der Waals surface area contributed by atoms with Crippen molar-refractivity contribution in [3.63, 3.8) is 0 Å². The van der Waals surface area contributed by atoms with Crippen molar-refractivity contribution in [3.8, 4) is 0 Å². The number of furan rings is 1. The third-order valence-corrected chi connectivity index (χ3v) is 3.33. The van der Waals surface area contributed by atoms with Crippen LogP contribution in [-0.2, 0) is 0 Å². The first-order chi connectivity index (χ1) is 9.74. The van der Waals surface area contributed by atoms with Gasteiger partial charge in [0.05, 0.1) is 0 Å². The molecular formula is C17H15NO2. The summed E-state index contributed by atoms with van der Waals surface area (Å²) in [5.41, 5.74) is 7.75. The van der Waals surface area contributed by atoms with Crippen molar-refractivity contribution < 1.29 is 9.21 Å². The van der Waals surface area contributed by atoms with Gasteiger partial charge in [-0.1, -0.05) is 48.5 Å². The molecule has 3 heteroatoms. The summed E-state index contributed by atoms with van der Waals surface area (Å²) in [6, 6.07) is 18.7. The van der Waals surface area contributed by atoms with Crippen LogP contribution in [0.3, 0.4) is 0 Å². The maximum atomic E-state index is 12.2. The average Bonchev–Trinajstić information content (AvgIpc) is 2.92. The summed E-state index contributed by atoms with van der Waals surface area (Å²) < 4.78 is 5.56. The van der Waals surface area contributed by atoms with Gasteiger partial charge in [-0.2, -0.15) is 0 Å². The van der Waals surface area contributed by atoms with Crippen LogP contribution in [0.15, 0.2) is 65.1 Å². The lowest BCUT2D eigenvalue weighted by Crippen LogP contribution is -2.15. The van der Waals surface area contributed by atoms with E-state index in [0.29, 0.717) is 5.76 Å². The highest BCUT2D eigenvalue weighted by Gasteiger charge is 2.16. The lowest BCUT2D eigenvalue weighted by atomic mass is 10.0. The number of carbonyl (C=O) groups excluding carboxylic acids is 1. The first-order valence-corrected chi connectivity index (χ1v) is 6.56. The Labute approximate surface area is 117 Å². The number of para-hydroxylation sites is 1. The number of fused-ring (bicyclic) bond motifs is 1. The van der Waals surface area contributed by atoms with Crippen LogP contribution >= 0.6 is 0 Å². The van der Waals surface area contributed by atoms with Gasteiger partial charge in [-0.3, -0.25) is 4.79 Å². The van der Waals surface area contributed by atoms with E-state index in [4.69, 9.17) is 10.2 Å². The Morgan fingerprint density at radius 3 is 2.50 bits per heavy atom. The molecule has 0 bridgehead atoms. The molecule has 3 aromatic rings. The van der Waals surface area contributed by atoms with Crippen LogP contribution in [-0.4, -0.2) is 5.78 Å². The summed E-state index contributed by atoms with van der Waals surface area (Å²) in [6.07, 6.45) is 0.240. The van der Waals surface area contributed by atoms with Gasteiger partial charge in [0.2, 0.25) is 0 Å². The van der Waals surface area contributed by atoms with Crippen LogP contribution < -0.4 is 5.73 Å². The molecule has 3 nitrogen and oxygen atoms in total. The second-order valence-electron chi connectivity index (χ2n) is 4.79. The van der Waals surface area contributed by atoms with Gasteiger partial charge in [0.15, 0.2) is 11.5 Å². The normalized spacial score (nSPS) is 12.4. The summed E-state index contributed by atoms with van der Waals surface area (Å²) in [5, 5.41) is 0.934. The third-order valence-electron chi connectivity index (χ3n) is 3.33. The number of hydrogen-bond acceptors (Lipinski definition) is 3. The molecule has 0 aliphatic rings. The molecule has 1 unspecified atom stereocenters. The van der Waals surface area contributed by atoms with Crippen molar-refractivity contribution in [1.29, 1.82) is 0 Å². The maximum absolute atomic E-state index is 12.2. The van der Waals surface area contributed by atoms with Gasteiger partial charge >= 0.3 is 0 Å². The molecule has 0 aliphatic carbocycles. The summed E-state index contributed by atoms with van der Waals surface area (Å²) in [4.78, 5) is 12.2. The largest absolute Gasteiger partial charge is 0.453 e. The average molecular weight is 265 g/mol. The fraction of sp³-hybridized carbons (Fsp3) is 0.118. The maximum Gasteiger partial charge on any atom is 0.199 e. The van der Waals surface area contributed by atoms with E-state index < -0.39 is 0 Å². The highest BCUT2D eigenvalue weighted by atomic mass is 16.3. The smallest absolute Gasteiger partial charge is 0.199 e. The second-order valence-corrected chi connectivity index (χ2v) is 4.79.